The van der Waals surface area contributed by atoms with Gasteiger partial charge in [0, 0.05) is 18.3 Å². The molecule has 0 atom stereocenters. The molecule has 0 aromatic carbocycles. The highest BCUT2D eigenvalue weighted by molar-refractivity contribution is 5.98. The van der Waals surface area contributed by atoms with Gasteiger partial charge in [0.2, 0.25) is 0 Å². The molecule has 0 aliphatic rings. The van der Waals surface area contributed by atoms with Crippen molar-refractivity contribution in [3.63, 3.8) is 0 Å². The van der Waals surface area contributed by atoms with E-state index in [2.05, 4.69) is 20.4 Å². The van der Waals surface area contributed by atoms with Gasteiger partial charge >= 0.3 is 0 Å². The van der Waals surface area contributed by atoms with Crippen LogP contribution in [0.5, 0.6) is 0 Å². The molecule has 2 aromatic heterocycles. The molecule has 7 nitrogen and oxygen atoms in total. The maximum absolute atomic E-state index is 12.0. The molecule has 2 rings (SSSR count). The number of aromatic nitrogens is 4. The molecule has 0 aliphatic heterocycles. The number of carbonyl (C=O) groups is 1. The lowest BCUT2D eigenvalue weighted by Crippen LogP contribution is -2.27. The molecule has 0 saturated carbocycles. The second-order valence-corrected chi connectivity index (χ2v) is 4.98. The first kappa shape index (κ1) is 14.0. The Kier molecular flexibility index (Phi) is 3.97. The number of nitrogens with one attached hydrogen (secondary N) is 1. The summed E-state index contributed by atoms with van der Waals surface area (Å²) in [5, 5.41) is 6.93. The monoisotopic (exact) mass is 274 g/mol. The molecule has 0 saturated heterocycles. The van der Waals surface area contributed by atoms with E-state index < -0.39 is 0 Å². The molecular weight excluding hydrogens is 256 g/mol. The Labute approximate surface area is 117 Å². The van der Waals surface area contributed by atoms with Crippen LogP contribution in [-0.4, -0.2) is 32.2 Å². The molecule has 106 valence electrons. The minimum atomic E-state index is -0.228. The van der Waals surface area contributed by atoms with E-state index >= 15 is 0 Å². The van der Waals surface area contributed by atoms with Gasteiger partial charge in [-0.2, -0.15) is 9.78 Å². The quantitative estimate of drug-likeness (QED) is 0.864. The zero-order valence-electron chi connectivity index (χ0n) is 11.8. The molecule has 0 spiro atoms. The first-order chi connectivity index (χ1) is 9.49. The summed E-state index contributed by atoms with van der Waals surface area (Å²) in [6.07, 6.45) is 2.88. The minimum Gasteiger partial charge on any atom is -0.383 e. The third-order valence-corrected chi connectivity index (χ3v) is 2.73. The number of amides is 1. The first-order valence-electron chi connectivity index (χ1n) is 6.39. The normalized spacial score (nSPS) is 10.8. The Morgan fingerprint density at radius 3 is 2.85 bits per heavy atom. The van der Waals surface area contributed by atoms with Crippen molar-refractivity contribution in [2.75, 3.05) is 12.3 Å². The van der Waals surface area contributed by atoms with Gasteiger partial charge in [-0.05, 0) is 12.8 Å². The number of anilines is 1. The van der Waals surface area contributed by atoms with E-state index in [1.165, 1.54) is 17.2 Å². The largest absolute Gasteiger partial charge is 0.383 e. The summed E-state index contributed by atoms with van der Waals surface area (Å²) >= 11 is 0. The molecule has 0 aliphatic carbocycles. The van der Waals surface area contributed by atoms with Gasteiger partial charge < -0.3 is 11.1 Å². The van der Waals surface area contributed by atoms with Crippen molar-refractivity contribution in [3.05, 3.63) is 29.8 Å². The summed E-state index contributed by atoms with van der Waals surface area (Å²) in [6.45, 7) is 6.49. The van der Waals surface area contributed by atoms with Crippen LogP contribution in [0.2, 0.25) is 0 Å². The molecule has 0 fully saturated rings. The Morgan fingerprint density at radius 2 is 2.20 bits per heavy atom. The van der Waals surface area contributed by atoms with Crippen LogP contribution in [0.25, 0.3) is 5.82 Å². The van der Waals surface area contributed by atoms with Crippen molar-refractivity contribution in [2.24, 2.45) is 5.92 Å². The van der Waals surface area contributed by atoms with E-state index in [1.54, 1.807) is 6.07 Å². The van der Waals surface area contributed by atoms with E-state index in [0.717, 1.165) is 5.69 Å². The molecule has 0 radical (unpaired) electrons. The maximum Gasteiger partial charge on any atom is 0.256 e. The Hall–Kier alpha value is -2.44. The number of rotatable bonds is 4. The van der Waals surface area contributed by atoms with E-state index in [4.69, 9.17) is 5.73 Å². The van der Waals surface area contributed by atoms with E-state index in [0.29, 0.717) is 23.8 Å². The second kappa shape index (κ2) is 5.68. The molecule has 20 heavy (non-hydrogen) atoms. The fourth-order valence-electron chi connectivity index (χ4n) is 1.66. The Morgan fingerprint density at radius 1 is 1.45 bits per heavy atom. The molecule has 0 bridgehead atoms. The van der Waals surface area contributed by atoms with Gasteiger partial charge in [-0.3, -0.25) is 4.79 Å². The lowest BCUT2D eigenvalue weighted by Gasteiger charge is -2.07. The molecular formula is C13H18N6O. The van der Waals surface area contributed by atoms with Crippen molar-refractivity contribution in [1.82, 2.24) is 25.1 Å². The topological polar surface area (TPSA) is 98.7 Å². The van der Waals surface area contributed by atoms with Gasteiger partial charge in [0.25, 0.3) is 5.91 Å². The van der Waals surface area contributed by atoms with Gasteiger partial charge in [-0.1, -0.05) is 13.8 Å². The number of nitrogens with two attached hydrogens (primary N) is 1. The van der Waals surface area contributed by atoms with Crippen molar-refractivity contribution in [1.29, 1.82) is 0 Å². The van der Waals surface area contributed by atoms with Crippen LogP contribution in [0, 0.1) is 12.8 Å². The standard InChI is InChI=1S/C13H18N6O/c1-8(2)5-15-13(20)10-6-18-19(12(10)14)11-4-9(3)16-7-17-11/h4,6-8H,5,14H2,1-3H3,(H,15,20). The molecule has 0 unspecified atom stereocenters. The lowest BCUT2D eigenvalue weighted by atomic mass is 10.2. The van der Waals surface area contributed by atoms with E-state index in [1.807, 2.05) is 20.8 Å². The Bertz CT molecular complexity index is 619. The molecule has 1 amide bonds. The van der Waals surface area contributed by atoms with E-state index in [-0.39, 0.29) is 11.7 Å². The number of hydrogen-bond acceptors (Lipinski definition) is 5. The zero-order valence-corrected chi connectivity index (χ0v) is 11.8. The number of nitrogens with zero attached hydrogens (tertiary/aromatic N) is 4. The van der Waals surface area contributed by atoms with Crippen LogP contribution in [0.4, 0.5) is 5.82 Å². The fourth-order valence-corrected chi connectivity index (χ4v) is 1.66. The van der Waals surface area contributed by atoms with Crippen LogP contribution in [0.15, 0.2) is 18.6 Å². The smallest absolute Gasteiger partial charge is 0.256 e. The third-order valence-electron chi connectivity index (χ3n) is 2.73. The summed E-state index contributed by atoms with van der Waals surface area (Å²) in [4.78, 5) is 20.1. The van der Waals surface area contributed by atoms with Gasteiger partial charge in [-0.15, -0.1) is 0 Å². The molecule has 7 heteroatoms. The van der Waals surface area contributed by atoms with Crippen molar-refractivity contribution >= 4 is 11.7 Å². The third kappa shape index (κ3) is 2.93. The summed E-state index contributed by atoms with van der Waals surface area (Å²) in [7, 11) is 0. The maximum atomic E-state index is 12.0. The van der Waals surface area contributed by atoms with Crippen molar-refractivity contribution in [2.45, 2.75) is 20.8 Å². The van der Waals surface area contributed by atoms with Gasteiger partial charge in [0.15, 0.2) is 5.82 Å². The van der Waals surface area contributed by atoms with Crippen LogP contribution in [0.1, 0.15) is 29.9 Å². The summed E-state index contributed by atoms with van der Waals surface area (Å²) in [5.74, 6) is 0.954. The fraction of sp³-hybridized carbons (Fsp3) is 0.385. The van der Waals surface area contributed by atoms with Crippen molar-refractivity contribution < 1.29 is 4.79 Å². The van der Waals surface area contributed by atoms with E-state index in [9.17, 15) is 4.79 Å². The highest BCUT2D eigenvalue weighted by Crippen LogP contribution is 2.15. The molecule has 2 heterocycles. The predicted octanol–water partition coefficient (Wildman–Crippen LogP) is 0.939. The average molecular weight is 274 g/mol. The van der Waals surface area contributed by atoms with Crippen molar-refractivity contribution in [3.8, 4) is 5.82 Å². The zero-order chi connectivity index (χ0) is 14.7. The van der Waals surface area contributed by atoms with Gasteiger partial charge in [0.1, 0.15) is 17.7 Å². The average Bonchev–Trinajstić information content (AvgIpc) is 2.78. The Balaban J connectivity index is 2.25. The number of carbonyl (C=O) groups excluding carboxylic acids is 1. The number of aryl methyl sites for hydroxylation is 1. The molecule has 3 N–H and O–H groups in total. The van der Waals surface area contributed by atoms with Crippen LogP contribution in [-0.2, 0) is 0 Å². The number of nitrogen functional groups attached to an aromatic ring is 1. The lowest BCUT2D eigenvalue weighted by molar-refractivity contribution is 0.0950. The minimum absolute atomic E-state index is 0.228. The first-order valence-corrected chi connectivity index (χ1v) is 6.39. The van der Waals surface area contributed by atoms with Crippen LogP contribution >= 0.6 is 0 Å². The van der Waals surface area contributed by atoms with Crippen LogP contribution in [0.3, 0.4) is 0 Å². The summed E-state index contributed by atoms with van der Waals surface area (Å²) < 4.78 is 1.43. The highest BCUT2D eigenvalue weighted by atomic mass is 16.1. The predicted molar refractivity (Wildman–Crippen MR) is 75.5 cm³/mol. The highest BCUT2D eigenvalue weighted by Gasteiger charge is 2.16. The second-order valence-electron chi connectivity index (χ2n) is 4.98. The summed E-state index contributed by atoms with van der Waals surface area (Å²) in [6, 6.07) is 1.75. The summed E-state index contributed by atoms with van der Waals surface area (Å²) in [5.41, 5.74) is 7.12. The SMILES string of the molecule is Cc1cc(-n2ncc(C(=O)NCC(C)C)c2N)ncn1. The number of hydrogen-bond donors (Lipinski definition) is 2. The molecule has 2 aromatic rings. The van der Waals surface area contributed by atoms with Gasteiger partial charge in [0.05, 0.1) is 6.20 Å². The van der Waals surface area contributed by atoms with Gasteiger partial charge in [-0.25, -0.2) is 9.97 Å². The van der Waals surface area contributed by atoms with Crippen LogP contribution < -0.4 is 11.1 Å².